The topological polar surface area (TPSA) is 89.9 Å². The van der Waals surface area contributed by atoms with Gasteiger partial charge in [0, 0.05) is 28.6 Å². The van der Waals surface area contributed by atoms with Crippen LogP contribution in [0.15, 0.2) is 37.0 Å². The zero-order chi connectivity index (χ0) is 48.5. The van der Waals surface area contributed by atoms with Crippen molar-refractivity contribution in [3.05, 3.63) is 37.0 Å². The number of carboxylic acid groups (broad SMARTS) is 1. The van der Waals surface area contributed by atoms with Gasteiger partial charge in [0.2, 0.25) is 0 Å². The number of hydrogen-bond donors (Lipinski definition) is 1. The maximum absolute atomic E-state index is 11.6. The Bertz CT molecular complexity index is 1360. The number of fused-ring (bicyclic) bond motifs is 4. The SMILES string of the molecule is C1CCCCCCCCC1.C1CCCCCCCCC1.C=C(C)C(=O)OC1CC2CCC1(C)C2(C)C.C=CC(=O)OC1CC2CCC1(C)C2(C)C.O=C(O)C=CC1CCCCCCCCC1. The number of carbonyl (C=O) groups is 3. The quantitative estimate of drug-likeness (QED) is 0.211. The minimum atomic E-state index is -0.813. The number of aliphatic carboxylic acids is 1. The lowest BCUT2D eigenvalue weighted by molar-refractivity contribution is -0.152. The van der Waals surface area contributed by atoms with Crippen LogP contribution in [0, 0.1) is 39.4 Å². The Morgan fingerprint density at radius 2 is 0.803 bits per heavy atom. The summed E-state index contributed by atoms with van der Waals surface area (Å²) in [6, 6.07) is 0. The van der Waals surface area contributed by atoms with Crippen LogP contribution in [0.4, 0.5) is 0 Å². The van der Waals surface area contributed by atoms with Crippen molar-refractivity contribution in [1.29, 1.82) is 0 Å². The number of esters is 2. The molecule has 380 valence electrons. The Kier molecular flexibility index (Phi) is 26.6. The van der Waals surface area contributed by atoms with E-state index in [4.69, 9.17) is 14.6 Å². The first-order chi connectivity index (χ1) is 31.5. The number of ether oxygens (including phenoxy) is 2. The van der Waals surface area contributed by atoms with E-state index in [9.17, 15) is 14.4 Å². The highest BCUT2D eigenvalue weighted by Gasteiger charge is 2.63. The van der Waals surface area contributed by atoms with Crippen molar-refractivity contribution >= 4 is 17.9 Å². The summed E-state index contributed by atoms with van der Waals surface area (Å²) in [5.74, 6) is 0.607. The van der Waals surface area contributed by atoms with E-state index < -0.39 is 5.97 Å². The van der Waals surface area contributed by atoms with Gasteiger partial charge in [-0.25, -0.2) is 14.4 Å². The van der Waals surface area contributed by atoms with Crippen LogP contribution < -0.4 is 0 Å². The van der Waals surface area contributed by atoms with Crippen LogP contribution in [0.5, 0.6) is 0 Å². The number of carboxylic acids is 1. The Morgan fingerprint density at radius 1 is 0.500 bits per heavy atom. The molecule has 7 aliphatic carbocycles. The fourth-order valence-electron chi connectivity index (χ4n) is 12.8. The first-order valence-corrected chi connectivity index (χ1v) is 28.1. The van der Waals surface area contributed by atoms with Gasteiger partial charge in [0.25, 0.3) is 0 Å². The second-order valence-electron chi connectivity index (χ2n) is 23.6. The second kappa shape index (κ2) is 30.3. The van der Waals surface area contributed by atoms with E-state index >= 15 is 0 Å². The second-order valence-corrected chi connectivity index (χ2v) is 23.6. The lowest BCUT2D eigenvalue weighted by atomic mass is 9.70. The van der Waals surface area contributed by atoms with Crippen LogP contribution in [0.3, 0.4) is 0 Å². The molecule has 6 atom stereocenters. The van der Waals surface area contributed by atoms with Crippen LogP contribution in [0.1, 0.15) is 273 Å². The van der Waals surface area contributed by atoms with Crippen LogP contribution >= 0.6 is 0 Å². The molecule has 0 heterocycles. The van der Waals surface area contributed by atoms with Crippen LogP contribution in [0.25, 0.3) is 0 Å². The van der Waals surface area contributed by atoms with Gasteiger partial charge in [-0.3, -0.25) is 0 Å². The molecule has 0 radical (unpaired) electrons. The molecule has 0 spiro atoms. The van der Waals surface area contributed by atoms with Crippen LogP contribution in [-0.2, 0) is 23.9 Å². The lowest BCUT2D eigenvalue weighted by Gasteiger charge is -2.38. The normalized spacial score (nSPS) is 31.3. The standard InChI is InChI=1S/C14H22O2.C13H20O2.C13H22O2.2C10H20/c1-9(2)12(15)16-11-8-10-6-7-14(11,5)13(10,3)4;1-5-11(14)15-10-8-9-6-7-13(10,4)12(9,2)3;14-13(15)11-10-12-8-6-4-2-1-3-5-7-9-12;2*1-2-4-6-8-10-9-7-5-3-1/h10-11H,1,6-8H2,2-5H3;5,9-10H,1,6-8H2,2-4H3;10-12H,1-9H2,(H,14,15);2*1-10H2. The summed E-state index contributed by atoms with van der Waals surface area (Å²) >= 11 is 0. The Labute approximate surface area is 407 Å². The highest BCUT2D eigenvalue weighted by atomic mass is 16.5. The maximum atomic E-state index is 11.6. The molecule has 6 unspecified atom stereocenters. The third kappa shape index (κ3) is 18.5. The van der Waals surface area contributed by atoms with Crippen molar-refractivity contribution in [2.24, 2.45) is 39.4 Å². The van der Waals surface area contributed by atoms with Gasteiger partial charge in [0.1, 0.15) is 12.2 Å². The van der Waals surface area contributed by atoms with Gasteiger partial charge in [-0.2, -0.15) is 0 Å². The van der Waals surface area contributed by atoms with Gasteiger partial charge in [-0.15, -0.1) is 0 Å². The van der Waals surface area contributed by atoms with Crippen molar-refractivity contribution < 1.29 is 29.0 Å². The lowest BCUT2D eigenvalue weighted by Crippen LogP contribution is -2.38. The molecule has 6 nitrogen and oxygen atoms in total. The maximum Gasteiger partial charge on any atom is 0.333 e. The molecule has 0 aromatic rings. The number of hydrogen-bond acceptors (Lipinski definition) is 5. The zero-order valence-corrected chi connectivity index (χ0v) is 44.3. The molecule has 7 rings (SSSR count). The molecular formula is C60H104O6. The first-order valence-electron chi connectivity index (χ1n) is 28.1. The summed E-state index contributed by atoms with van der Waals surface area (Å²) in [6.07, 6.45) is 53.2. The molecule has 0 aromatic heterocycles. The monoisotopic (exact) mass is 921 g/mol. The fraction of sp³-hybridized carbons (Fsp3) is 0.850. The summed E-state index contributed by atoms with van der Waals surface area (Å²) in [7, 11) is 0. The molecular weight excluding hydrogens is 817 g/mol. The summed E-state index contributed by atoms with van der Waals surface area (Å²) in [4.78, 5) is 33.3. The Hall–Kier alpha value is -2.37. The summed E-state index contributed by atoms with van der Waals surface area (Å²) in [5, 5.41) is 8.58. The van der Waals surface area contributed by atoms with Gasteiger partial charge in [-0.05, 0) is 86.9 Å². The fourth-order valence-corrected chi connectivity index (χ4v) is 12.8. The van der Waals surface area contributed by atoms with Gasteiger partial charge < -0.3 is 14.6 Å². The minimum Gasteiger partial charge on any atom is -0.478 e. The highest BCUT2D eigenvalue weighted by molar-refractivity contribution is 5.87. The third-order valence-corrected chi connectivity index (χ3v) is 18.6. The zero-order valence-electron chi connectivity index (χ0n) is 44.3. The molecule has 1 N–H and O–H groups in total. The van der Waals surface area contributed by atoms with E-state index in [-0.39, 0.29) is 35.0 Å². The Balaban J connectivity index is 0.000000222. The minimum absolute atomic E-state index is 0.0884. The molecule has 7 fully saturated rings. The molecule has 0 saturated heterocycles. The highest BCUT2D eigenvalue weighted by Crippen LogP contribution is 2.67. The Morgan fingerprint density at radius 3 is 1.05 bits per heavy atom. The van der Waals surface area contributed by atoms with Gasteiger partial charge >= 0.3 is 17.9 Å². The average molecular weight is 921 g/mol. The number of carbonyl (C=O) groups excluding carboxylic acids is 2. The van der Waals surface area contributed by atoms with Crippen LogP contribution in [-0.4, -0.2) is 35.2 Å². The van der Waals surface area contributed by atoms with E-state index in [1.165, 1.54) is 224 Å². The van der Waals surface area contributed by atoms with E-state index in [1.54, 1.807) is 6.92 Å². The summed E-state index contributed by atoms with van der Waals surface area (Å²) < 4.78 is 11.1. The van der Waals surface area contributed by atoms with E-state index in [0.29, 0.717) is 34.2 Å². The smallest absolute Gasteiger partial charge is 0.333 e. The largest absolute Gasteiger partial charge is 0.478 e. The first kappa shape index (κ1) is 57.9. The predicted molar refractivity (Wildman–Crippen MR) is 277 cm³/mol. The third-order valence-electron chi connectivity index (χ3n) is 18.6. The van der Waals surface area contributed by atoms with E-state index in [2.05, 4.69) is 54.7 Å². The van der Waals surface area contributed by atoms with Crippen molar-refractivity contribution in [1.82, 2.24) is 0 Å². The van der Waals surface area contributed by atoms with Gasteiger partial charge in [0.05, 0.1) is 0 Å². The van der Waals surface area contributed by atoms with Crippen molar-refractivity contribution in [3.63, 3.8) is 0 Å². The molecule has 6 heteroatoms. The molecule has 7 aliphatic rings. The summed E-state index contributed by atoms with van der Waals surface area (Å²) in [5.41, 5.74) is 1.43. The molecule has 0 amide bonds. The van der Waals surface area contributed by atoms with Crippen molar-refractivity contribution in [2.45, 2.75) is 285 Å². The molecule has 0 aromatic carbocycles. The molecule has 4 bridgehead atoms. The average Bonchev–Trinajstić information content (AvgIpc) is 3.82. The molecule has 66 heavy (non-hydrogen) atoms. The number of allylic oxidation sites excluding steroid dienone is 1. The van der Waals surface area contributed by atoms with Crippen molar-refractivity contribution in [3.8, 4) is 0 Å². The van der Waals surface area contributed by atoms with Gasteiger partial charge in [0.15, 0.2) is 0 Å². The predicted octanol–water partition coefficient (Wildman–Crippen LogP) is 17.8. The summed E-state index contributed by atoms with van der Waals surface area (Å²) in [6.45, 7) is 22.6. The van der Waals surface area contributed by atoms with E-state index in [1.807, 2.05) is 6.08 Å². The molecule has 7 saturated carbocycles. The van der Waals surface area contributed by atoms with Crippen molar-refractivity contribution in [2.75, 3.05) is 0 Å². The van der Waals surface area contributed by atoms with Gasteiger partial charge in [-0.1, -0.05) is 234 Å². The molecule has 0 aliphatic heterocycles. The van der Waals surface area contributed by atoms with E-state index in [0.717, 1.165) is 12.8 Å². The number of rotatable bonds is 6. The van der Waals surface area contributed by atoms with Crippen LogP contribution in [0.2, 0.25) is 0 Å².